The Hall–Kier alpha value is -1.71. The minimum Gasteiger partial charge on any atom is -0.298 e. The van der Waals surface area contributed by atoms with E-state index in [0.717, 1.165) is 5.69 Å². The van der Waals surface area contributed by atoms with E-state index < -0.39 is 5.82 Å². The van der Waals surface area contributed by atoms with Gasteiger partial charge in [0.1, 0.15) is 5.82 Å². The van der Waals surface area contributed by atoms with Gasteiger partial charge in [-0.3, -0.25) is 9.89 Å². The van der Waals surface area contributed by atoms with Crippen LogP contribution in [0.4, 0.5) is 4.39 Å². The van der Waals surface area contributed by atoms with E-state index in [1.165, 1.54) is 12.1 Å². The molecule has 0 spiro atoms. The first-order valence-corrected chi connectivity index (χ1v) is 3.82. The third-order valence-corrected chi connectivity index (χ3v) is 1.99. The number of aromatic nitrogens is 2. The van der Waals surface area contributed by atoms with Gasteiger partial charge in [0.25, 0.3) is 0 Å². The number of carbonyl (C=O) groups is 1. The highest BCUT2D eigenvalue weighted by atomic mass is 19.1. The lowest BCUT2D eigenvalue weighted by Gasteiger charge is -1.94. The lowest BCUT2D eigenvalue weighted by molar-refractivity contribution is 0.112. The molecule has 66 valence electrons. The molecule has 3 nitrogen and oxygen atoms in total. The molecule has 0 bridgehead atoms. The van der Waals surface area contributed by atoms with Crippen LogP contribution in [0.2, 0.25) is 0 Å². The maximum atomic E-state index is 13.1. The fourth-order valence-electron chi connectivity index (χ4n) is 1.27. The number of carbonyl (C=O) groups excluding carboxylic acids is 1. The predicted molar refractivity (Wildman–Crippen MR) is 46.2 cm³/mol. The van der Waals surface area contributed by atoms with E-state index in [-0.39, 0.29) is 5.56 Å². The smallest absolute Gasteiger partial charge is 0.153 e. The lowest BCUT2D eigenvalue weighted by atomic mass is 10.1. The largest absolute Gasteiger partial charge is 0.298 e. The molecule has 2 rings (SSSR count). The van der Waals surface area contributed by atoms with Gasteiger partial charge >= 0.3 is 0 Å². The number of hydrogen-bond acceptors (Lipinski definition) is 2. The third kappa shape index (κ3) is 1.11. The van der Waals surface area contributed by atoms with Gasteiger partial charge in [-0.15, -0.1) is 0 Å². The molecule has 0 fully saturated rings. The molecule has 1 heterocycles. The quantitative estimate of drug-likeness (QED) is 0.677. The van der Waals surface area contributed by atoms with Crippen molar-refractivity contribution in [1.29, 1.82) is 0 Å². The Bertz CT molecular complexity index is 476. The van der Waals surface area contributed by atoms with Crippen LogP contribution in [-0.2, 0) is 0 Å². The van der Waals surface area contributed by atoms with Crippen LogP contribution >= 0.6 is 0 Å². The van der Waals surface area contributed by atoms with E-state index in [1.807, 2.05) is 0 Å². The maximum Gasteiger partial charge on any atom is 0.153 e. The number of aryl methyl sites for hydroxylation is 1. The van der Waals surface area contributed by atoms with Crippen LogP contribution in [0.1, 0.15) is 16.1 Å². The summed E-state index contributed by atoms with van der Waals surface area (Å²) in [6, 6.07) is 2.75. The van der Waals surface area contributed by atoms with Crippen molar-refractivity contribution < 1.29 is 9.18 Å². The van der Waals surface area contributed by atoms with Crippen LogP contribution in [0.15, 0.2) is 12.1 Å². The Kier molecular flexibility index (Phi) is 1.62. The molecule has 0 atom stereocenters. The van der Waals surface area contributed by atoms with Crippen LogP contribution in [0.3, 0.4) is 0 Å². The van der Waals surface area contributed by atoms with E-state index >= 15 is 0 Å². The zero-order valence-corrected chi connectivity index (χ0v) is 6.97. The van der Waals surface area contributed by atoms with Crippen molar-refractivity contribution in [3.63, 3.8) is 0 Å². The highest BCUT2D eigenvalue weighted by Gasteiger charge is 2.07. The molecule has 0 aliphatic rings. The van der Waals surface area contributed by atoms with E-state index in [1.54, 1.807) is 6.92 Å². The van der Waals surface area contributed by atoms with Crippen molar-refractivity contribution in [3.05, 3.63) is 29.2 Å². The molecule has 0 amide bonds. The van der Waals surface area contributed by atoms with Crippen molar-refractivity contribution >= 4 is 17.2 Å². The second-order valence-electron chi connectivity index (χ2n) is 2.86. The number of aldehydes is 1. The monoisotopic (exact) mass is 178 g/mol. The Balaban J connectivity index is 2.83. The van der Waals surface area contributed by atoms with Crippen LogP contribution < -0.4 is 0 Å². The summed E-state index contributed by atoms with van der Waals surface area (Å²) in [6.07, 6.45) is 0.485. The van der Waals surface area contributed by atoms with Gasteiger partial charge in [-0.2, -0.15) is 5.10 Å². The standard InChI is InChI=1S/C9H7FN2O/c1-5-7-3-8(10)6(4-13)2-9(7)12-11-5/h2-4H,1H3,(H,11,12). The summed E-state index contributed by atoms with van der Waals surface area (Å²) in [5, 5.41) is 7.35. The number of fused-ring (bicyclic) bond motifs is 1. The Morgan fingerprint density at radius 2 is 2.31 bits per heavy atom. The molecule has 1 N–H and O–H groups in total. The van der Waals surface area contributed by atoms with Gasteiger partial charge in [0, 0.05) is 11.1 Å². The molecule has 0 aliphatic heterocycles. The van der Waals surface area contributed by atoms with Crippen molar-refractivity contribution in [2.75, 3.05) is 0 Å². The highest BCUT2D eigenvalue weighted by Crippen LogP contribution is 2.18. The first kappa shape index (κ1) is 7.91. The number of halogens is 1. The predicted octanol–water partition coefficient (Wildman–Crippen LogP) is 1.82. The Morgan fingerprint density at radius 1 is 1.54 bits per heavy atom. The molecule has 0 unspecified atom stereocenters. The summed E-state index contributed by atoms with van der Waals surface area (Å²) < 4.78 is 13.1. The summed E-state index contributed by atoms with van der Waals surface area (Å²) in [7, 11) is 0. The first-order chi connectivity index (χ1) is 6.22. The molecular formula is C9H7FN2O. The van der Waals surface area contributed by atoms with Gasteiger partial charge in [0.05, 0.1) is 11.1 Å². The van der Waals surface area contributed by atoms with Gasteiger partial charge in [0.2, 0.25) is 0 Å². The average Bonchev–Trinajstić information content (AvgIpc) is 2.47. The van der Waals surface area contributed by atoms with Crippen LogP contribution in [0.5, 0.6) is 0 Å². The number of aromatic amines is 1. The molecule has 0 saturated carbocycles. The van der Waals surface area contributed by atoms with Gasteiger partial charge in [-0.1, -0.05) is 0 Å². The molecule has 0 saturated heterocycles. The number of hydrogen-bond donors (Lipinski definition) is 1. The molecule has 0 radical (unpaired) electrons. The summed E-state index contributed by atoms with van der Waals surface area (Å²) in [6.45, 7) is 1.80. The number of H-pyrrole nitrogens is 1. The molecule has 13 heavy (non-hydrogen) atoms. The van der Waals surface area contributed by atoms with Crippen LogP contribution in [0.25, 0.3) is 10.9 Å². The zero-order chi connectivity index (χ0) is 9.42. The number of rotatable bonds is 1. The molecule has 1 aromatic heterocycles. The number of benzene rings is 1. The summed E-state index contributed by atoms with van der Waals surface area (Å²) in [5.74, 6) is -0.507. The van der Waals surface area contributed by atoms with Crippen molar-refractivity contribution in [1.82, 2.24) is 10.2 Å². The van der Waals surface area contributed by atoms with E-state index in [4.69, 9.17) is 0 Å². The van der Waals surface area contributed by atoms with E-state index in [0.29, 0.717) is 17.2 Å². The van der Waals surface area contributed by atoms with Crippen LogP contribution in [0, 0.1) is 12.7 Å². The lowest BCUT2D eigenvalue weighted by Crippen LogP contribution is -1.86. The van der Waals surface area contributed by atoms with Crippen molar-refractivity contribution in [2.24, 2.45) is 0 Å². The Morgan fingerprint density at radius 3 is 3.00 bits per heavy atom. The minimum atomic E-state index is -0.507. The number of nitrogens with zero attached hydrogens (tertiary/aromatic N) is 1. The topological polar surface area (TPSA) is 45.8 Å². The molecule has 4 heteroatoms. The van der Waals surface area contributed by atoms with Gasteiger partial charge in [-0.05, 0) is 19.1 Å². The molecular weight excluding hydrogens is 171 g/mol. The van der Waals surface area contributed by atoms with Gasteiger partial charge < -0.3 is 0 Å². The first-order valence-electron chi connectivity index (χ1n) is 3.82. The van der Waals surface area contributed by atoms with Crippen molar-refractivity contribution in [3.8, 4) is 0 Å². The van der Waals surface area contributed by atoms with Gasteiger partial charge in [-0.25, -0.2) is 4.39 Å². The number of nitrogens with one attached hydrogen (secondary N) is 1. The minimum absolute atomic E-state index is 0.0407. The third-order valence-electron chi connectivity index (χ3n) is 1.99. The molecule has 2 aromatic rings. The fraction of sp³-hybridized carbons (Fsp3) is 0.111. The highest BCUT2D eigenvalue weighted by molar-refractivity contribution is 5.88. The normalized spacial score (nSPS) is 10.6. The second kappa shape index (κ2) is 2.65. The molecule has 1 aromatic carbocycles. The SMILES string of the molecule is Cc1[nH]nc2cc(C=O)c(F)cc12. The Labute approximate surface area is 73.6 Å². The molecule has 0 aliphatic carbocycles. The van der Waals surface area contributed by atoms with E-state index in [2.05, 4.69) is 10.2 Å². The summed E-state index contributed by atoms with van der Waals surface area (Å²) in [5.41, 5.74) is 1.45. The maximum absolute atomic E-state index is 13.1. The van der Waals surface area contributed by atoms with Crippen molar-refractivity contribution in [2.45, 2.75) is 6.92 Å². The summed E-state index contributed by atoms with van der Waals surface area (Å²) in [4.78, 5) is 10.4. The zero-order valence-electron chi connectivity index (χ0n) is 6.97. The van der Waals surface area contributed by atoms with E-state index in [9.17, 15) is 9.18 Å². The van der Waals surface area contributed by atoms with Crippen LogP contribution in [-0.4, -0.2) is 16.5 Å². The fourth-order valence-corrected chi connectivity index (χ4v) is 1.27. The average molecular weight is 178 g/mol. The second-order valence-corrected chi connectivity index (χ2v) is 2.86. The van der Waals surface area contributed by atoms with Gasteiger partial charge in [0.15, 0.2) is 6.29 Å². The summed E-state index contributed by atoms with van der Waals surface area (Å²) >= 11 is 0.